The molecule has 1 saturated heterocycles. The van der Waals surface area contributed by atoms with E-state index >= 15 is 0 Å². The van der Waals surface area contributed by atoms with E-state index in [9.17, 15) is 0 Å². The molecule has 0 saturated carbocycles. The molecule has 3 N–H and O–H groups in total. The third kappa shape index (κ3) is 3.87. The van der Waals surface area contributed by atoms with Gasteiger partial charge in [-0.2, -0.15) is 5.10 Å². The highest BCUT2D eigenvalue weighted by atomic mass is 15.3. The van der Waals surface area contributed by atoms with E-state index in [1.807, 2.05) is 4.68 Å². The topological polar surface area (TPSA) is 81.7 Å². The van der Waals surface area contributed by atoms with Crippen LogP contribution < -0.4 is 11.1 Å². The van der Waals surface area contributed by atoms with E-state index in [1.54, 1.807) is 6.33 Å². The molecule has 1 aliphatic rings. The standard InChI is InChI=1S/C23H26N6.CH4/c24-22-21-20(14-18-6-3-5-17-4-1-2-7-19(17)18)28-29(23(21)27-15-26-22)13-10-16-8-11-25-12-9-16;/h1-7,15-16,25H,8-14H2,(H2,24,26,27);1H4. The minimum absolute atomic E-state index is 0. The van der Waals surface area contributed by atoms with Gasteiger partial charge in [-0.25, -0.2) is 14.6 Å². The van der Waals surface area contributed by atoms with Gasteiger partial charge in [0.1, 0.15) is 12.1 Å². The monoisotopic (exact) mass is 402 g/mol. The second kappa shape index (κ2) is 8.79. The second-order valence-corrected chi connectivity index (χ2v) is 7.92. The molecule has 0 aliphatic carbocycles. The van der Waals surface area contributed by atoms with Gasteiger partial charge < -0.3 is 11.1 Å². The number of hydrogen-bond donors (Lipinski definition) is 2. The summed E-state index contributed by atoms with van der Waals surface area (Å²) in [7, 11) is 0. The van der Waals surface area contributed by atoms with Gasteiger partial charge in [0.2, 0.25) is 0 Å². The average Bonchev–Trinajstić information content (AvgIpc) is 3.12. The Balaban J connectivity index is 0.00000218. The fourth-order valence-electron chi connectivity index (χ4n) is 4.49. The van der Waals surface area contributed by atoms with Crippen molar-refractivity contribution in [3.8, 4) is 0 Å². The Bertz CT molecular complexity index is 1140. The molecule has 0 unspecified atom stereocenters. The van der Waals surface area contributed by atoms with Crippen molar-refractivity contribution in [1.29, 1.82) is 0 Å². The SMILES string of the molecule is C.Nc1ncnc2c1c(Cc1cccc3ccccc13)nn2CCC1CCNCC1. The quantitative estimate of drug-likeness (QED) is 0.523. The van der Waals surface area contributed by atoms with E-state index in [0.717, 1.165) is 55.1 Å². The van der Waals surface area contributed by atoms with E-state index in [4.69, 9.17) is 10.8 Å². The average molecular weight is 403 g/mol. The molecule has 6 nitrogen and oxygen atoms in total. The van der Waals surface area contributed by atoms with Crippen LogP contribution in [0.1, 0.15) is 37.9 Å². The summed E-state index contributed by atoms with van der Waals surface area (Å²) in [4.78, 5) is 8.77. The number of nitrogens with zero attached hydrogens (tertiary/aromatic N) is 4. The van der Waals surface area contributed by atoms with Gasteiger partial charge in [-0.15, -0.1) is 0 Å². The summed E-state index contributed by atoms with van der Waals surface area (Å²) in [5.41, 5.74) is 9.32. The largest absolute Gasteiger partial charge is 0.383 e. The van der Waals surface area contributed by atoms with E-state index < -0.39 is 0 Å². The molecule has 30 heavy (non-hydrogen) atoms. The summed E-state index contributed by atoms with van der Waals surface area (Å²) >= 11 is 0. The maximum atomic E-state index is 6.26. The van der Waals surface area contributed by atoms with Crippen LogP contribution in [0.2, 0.25) is 0 Å². The van der Waals surface area contributed by atoms with Gasteiger partial charge in [0, 0.05) is 13.0 Å². The van der Waals surface area contributed by atoms with Crippen molar-refractivity contribution in [3.63, 3.8) is 0 Å². The summed E-state index contributed by atoms with van der Waals surface area (Å²) in [5.74, 6) is 1.26. The van der Waals surface area contributed by atoms with Gasteiger partial charge in [-0.1, -0.05) is 49.9 Å². The molecule has 0 radical (unpaired) electrons. The zero-order valence-electron chi connectivity index (χ0n) is 16.5. The first kappa shape index (κ1) is 20.3. The van der Waals surface area contributed by atoms with Crippen LogP contribution in [-0.2, 0) is 13.0 Å². The lowest BCUT2D eigenvalue weighted by molar-refractivity contribution is 0.333. The summed E-state index contributed by atoms with van der Waals surface area (Å²) in [6.07, 6.45) is 5.85. The van der Waals surface area contributed by atoms with Crippen LogP contribution >= 0.6 is 0 Å². The lowest BCUT2D eigenvalue weighted by Crippen LogP contribution is -2.28. The van der Waals surface area contributed by atoms with Crippen LogP contribution in [0.25, 0.3) is 21.8 Å². The first-order chi connectivity index (χ1) is 14.3. The molecule has 1 fully saturated rings. The van der Waals surface area contributed by atoms with Crippen molar-refractivity contribution in [3.05, 3.63) is 60.0 Å². The maximum Gasteiger partial charge on any atom is 0.163 e. The Labute approximate surface area is 177 Å². The van der Waals surface area contributed by atoms with Crippen molar-refractivity contribution < 1.29 is 0 Å². The second-order valence-electron chi connectivity index (χ2n) is 7.92. The highest BCUT2D eigenvalue weighted by Gasteiger charge is 2.18. The molecule has 2 aromatic heterocycles. The van der Waals surface area contributed by atoms with Crippen molar-refractivity contribution in [2.24, 2.45) is 5.92 Å². The van der Waals surface area contributed by atoms with Crippen LogP contribution in [0, 0.1) is 5.92 Å². The number of aryl methyl sites for hydroxylation is 1. The predicted octanol–water partition coefficient (Wildman–Crippen LogP) is 4.18. The molecule has 4 aromatic rings. The van der Waals surface area contributed by atoms with E-state index in [2.05, 4.69) is 57.7 Å². The van der Waals surface area contributed by atoms with Gasteiger partial charge in [-0.3, -0.25) is 0 Å². The number of nitrogens with one attached hydrogen (secondary N) is 1. The van der Waals surface area contributed by atoms with E-state index in [1.165, 1.54) is 29.2 Å². The third-order valence-electron chi connectivity index (χ3n) is 6.08. The Morgan fingerprint density at radius 1 is 1.03 bits per heavy atom. The van der Waals surface area contributed by atoms with Crippen LogP contribution in [0.15, 0.2) is 48.8 Å². The molecule has 2 aromatic carbocycles. The minimum atomic E-state index is 0. The maximum absolute atomic E-state index is 6.26. The Morgan fingerprint density at radius 3 is 2.70 bits per heavy atom. The zero-order valence-corrected chi connectivity index (χ0v) is 16.5. The lowest BCUT2D eigenvalue weighted by Gasteiger charge is -2.22. The van der Waals surface area contributed by atoms with Gasteiger partial charge in [0.25, 0.3) is 0 Å². The predicted molar refractivity (Wildman–Crippen MR) is 123 cm³/mol. The summed E-state index contributed by atoms with van der Waals surface area (Å²) in [6.45, 7) is 3.10. The van der Waals surface area contributed by atoms with Gasteiger partial charge in [0.05, 0.1) is 11.1 Å². The van der Waals surface area contributed by atoms with E-state index in [-0.39, 0.29) is 7.43 Å². The minimum Gasteiger partial charge on any atom is -0.383 e. The Morgan fingerprint density at radius 2 is 1.83 bits per heavy atom. The number of nitrogens with two attached hydrogens (primary N) is 1. The molecule has 156 valence electrons. The van der Waals surface area contributed by atoms with Crippen LogP contribution in [0.3, 0.4) is 0 Å². The van der Waals surface area contributed by atoms with Crippen LogP contribution in [0.4, 0.5) is 5.82 Å². The number of fused-ring (bicyclic) bond motifs is 2. The molecule has 0 bridgehead atoms. The molecular weight excluding hydrogens is 372 g/mol. The smallest absolute Gasteiger partial charge is 0.163 e. The number of aromatic nitrogens is 4. The van der Waals surface area contributed by atoms with Gasteiger partial charge in [0.15, 0.2) is 5.65 Å². The van der Waals surface area contributed by atoms with Crippen molar-refractivity contribution in [2.45, 2.75) is 39.7 Å². The fraction of sp³-hybridized carbons (Fsp3) is 0.375. The summed E-state index contributed by atoms with van der Waals surface area (Å²) in [5, 5.41) is 11.8. The molecule has 3 heterocycles. The fourth-order valence-corrected chi connectivity index (χ4v) is 4.49. The summed E-state index contributed by atoms with van der Waals surface area (Å²) < 4.78 is 2.04. The van der Waals surface area contributed by atoms with E-state index in [0.29, 0.717) is 5.82 Å². The number of nitrogen functional groups attached to an aromatic ring is 1. The Hall–Kier alpha value is -2.99. The van der Waals surface area contributed by atoms with Crippen molar-refractivity contribution in [1.82, 2.24) is 25.1 Å². The lowest BCUT2D eigenvalue weighted by atomic mass is 9.95. The summed E-state index contributed by atoms with van der Waals surface area (Å²) in [6, 6.07) is 14.9. The highest BCUT2D eigenvalue weighted by molar-refractivity contribution is 5.90. The molecular formula is C24H30N6. The van der Waals surface area contributed by atoms with Crippen LogP contribution in [-0.4, -0.2) is 32.8 Å². The zero-order chi connectivity index (χ0) is 19.6. The molecule has 5 rings (SSSR count). The number of piperidine rings is 1. The molecule has 0 spiro atoms. The van der Waals surface area contributed by atoms with Crippen molar-refractivity contribution in [2.75, 3.05) is 18.8 Å². The van der Waals surface area contributed by atoms with Crippen molar-refractivity contribution >= 4 is 27.6 Å². The first-order valence-corrected chi connectivity index (χ1v) is 10.4. The molecule has 0 atom stereocenters. The van der Waals surface area contributed by atoms with Gasteiger partial charge >= 0.3 is 0 Å². The number of benzene rings is 2. The highest BCUT2D eigenvalue weighted by Crippen LogP contribution is 2.27. The first-order valence-electron chi connectivity index (χ1n) is 10.4. The normalized spacial score (nSPS) is 14.8. The number of hydrogen-bond acceptors (Lipinski definition) is 5. The number of rotatable bonds is 5. The van der Waals surface area contributed by atoms with Gasteiger partial charge in [-0.05, 0) is 54.6 Å². The van der Waals surface area contributed by atoms with Crippen LogP contribution in [0.5, 0.6) is 0 Å². The molecule has 1 aliphatic heterocycles. The number of anilines is 1. The molecule has 6 heteroatoms. The Kier molecular flexibility index (Phi) is 5.95. The third-order valence-corrected chi connectivity index (χ3v) is 6.08. The molecule has 0 amide bonds.